The molecule has 0 aliphatic heterocycles. The normalized spacial score (nSPS) is 10.8. The summed E-state index contributed by atoms with van der Waals surface area (Å²) in [6.07, 6.45) is 0. The fraction of sp³-hybridized carbons (Fsp3) is 0.125. The molecule has 2 aromatic carbocycles. The number of hydrogen-bond acceptors (Lipinski definition) is 5. The molecule has 0 amide bonds. The predicted molar refractivity (Wildman–Crippen MR) is 82.9 cm³/mol. The molecule has 0 aliphatic carbocycles. The van der Waals surface area contributed by atoms with Crippen molar-refractivity contribution in [1.82, 2.24) is 8.75 Å². The molecule has 1 aromatic heterocycles. The topological polar surface area (TPSA) is 59.9 Å². The van der Waals surface area contributed by atoms with E-state index in [1.807, 2.05) is 18.2 Å². The minimum Gasteiger partial charge on any atom is -0.295 e. The van der Waals surface area contributed by atoms with Crippen molar-refractivity contribution in [2.75, 3.05) is 0 Å². The summed E-state index contributed by atoms with van der Waals surface area (Å²) < 4.78 is 8.53. The number of rotatable bonds is 3. The first-order chi connectivity index (χ1) is 10.1. The molecular weight excluding hydrogens is 284 g/mol. The predicted octanol–water partition coefficient (Wildman–Crippen LogP) is 3.76. The number of nitrogens with zero attached hydrogens (tertiary/aromatic N) is 2. The average molecular weight is 296 g/mol. The van der Waals surface area contributed by atoms with E-state index in [1.54, 1.807) is 25.1 Å². The molecule has 4 nitrogen and oxygen atoms in total. The van der Waals surface area contributed by atoms with Crippen LogP contribution in [0.15, 0.2) is 36.4 Å². The van der Waals surface area contributed by atoms with Crippen LogP contribution in [0.5, 0.6) is 0 Å². The Morgan fingerprint density at radius 2 is 1.52 bits per heavy atom. The second-order valence-corrected chi connectivity index (χ2v) is 5.34. The number of carbonyl (C=O) groups excluding carboxylic acids is 2. The van der Waals surface area contributed by atoms with Gasteiger partial charge in [-0.3, -0.25) is 9.59 Å². The van der Waals surface area contributed by atoms with E-state index < -0.39 is 0 Å². The zero-order valence-corrected chi connectivity index (χ0v) is 12.4. The van der Waals surface area contributed by atoms with E-state index in [0.717, 1.165) is 28.4 Å². The van der Waals surface area contributed by atoms with Crippen LogP contribution in [0.4, 0.5) is 0 Å². The van der Waals surface area contributed by atoms with Crippen molar-refractivity contribution in [3.63, 3.8) is 0 Å². The highest BCUT2D eigenvalue weighted by atomic mass is 32.1. The highest BCUT2D eigenvalue weighted by molar-refractivity contribution is 7.00. The highest BCUT2D eigenvalue weighted by Gasteiger charge is 2.14. The molecule has 3 aromatic rings. The Bertz CT molecular complexity index is 850. The van der Waals surface area contributed by atoms with Gasteiger partial charge < -0.3 is 0 Å². The molecule has 0 unspecified atom stereocenters. The van der Waals surface area contributed by atoms with Crippen molar-refractivity contribution < 1.29 is 9.59 Å². The third kappa shape index (κ3) is 2.36. The van der Waals surface area contributed by atoms with Gasteiger partial charge in [0.2, 0.25) is 0 Å². The molecule has 21 heavy (non-hydrogen) atoms. The van der Waals surface area contributed by atoms with E-state index >= 15 is 0 Å². The number of fused-ring (bicyclic) bond motifs is 1. The molecule has 0 saturated heterocycles. The van der Waals surface area contributed by atoms with E-state index in [1.165, 1.54) is 6.92 Å². The molecule has 0 fully saturated rings. The van der Waals surface area contributed by atoms with Gasteiger partial charge in [0.05, 0.1) is 11.7 Å². The van der Waals surface area contributed by atoms with Crippen LogP contribution < -0.4 is 0 Å². The molecule has 0 radical (unpaired) electrons. The summed E-state index contributed by atoms with van der Waals surface area (Å²) in [7, 11) is 0. The van der Waals surface area contributed by atoms with Crippen LogP contribution >= 0.6 is 11.7 Å². The maximum atomic E-state index is 11.6. The Kier molecular flexibility index (Phi) is 3.35. The standard InChI is InChI=1S/C16H12N2O2S/c1-9(19)11-3-5-12(6-4-11)14-8-7-13(10(2)20)15-16(14)18-21-17-15/h3-8H,1-2H3. The number of carbonyl (C=O) groups is 2. The number of ketones is 2. The van der Waals surface area contributed by atoms with Crippen LogP contribution in [0.25, 0.3) is 22.2 Å². The van der Waals surface area contributed by atoms with Crippen LogP contribution in [0.1, 0.15) is 34.6 Å². The van der Waals surface area contributed by atoms with Gasteiger partial charge in [0, 0.05) is 16.7 Å². The van der Waals surface area contributed by atoms with Gasteiger partial charge in [0.25, 0.3) is 0 Å². The van der Waals surface area contributed by atoms with Crippen molar-refractivity contribution in [2.45, 2.75) is 13.8 Å². The first-order valence-corrected chi connectivity index (χ1v) is 7.18. The summed E-state index contributed by atoms with van der Waals surface area (Å²) in [6.45, 7) is 3.06. The van der Waals surface area contributed by atoms with Crippen molar-refractivity contribution in [3.05, 3.63) is 47.5 Å². The average Bonchev–Trinajstić information content (AvgIpc) is 2.95. The summed E-state index contributed by atoms with van der Waals surface area (Å²) in [5, 5.41) is 0. The quantitative estimate of drug-likeness (QED) is 0.690. The molecule has 1 heterocycles. The monoisotopic (exact) mass is 296 g/mol. The molecule has 0 saturated carbocycles. The van der Waals surface area contributed by atoms with Crippen LogP contribution in [0.2, 0.25) is 0 Å². The van der Waals surface area contributed by atoms with Gasteiger partial charge in [-0.25, -0.2) is 0 Å². The van der Waals surface area contributed by atoms with Gasteiger partial charge in [-0.05, 0) is 25.5 Å². The number of Topliss-reactive ketones (excluding diaryl/α,β-unsaturated/α-hetero) is 2. The lowest BCUT2D eigenvalue weighted by Gasteiger charge is -2.05. The lowest BCUT2D eigenvalue weighted by atomic mass is 9.99. The van der Waals surface area contributed by atoms with Crippen molar-refractivity contribution in [1.29, 1.82) is 0 Å². The number of benzene rings is 2. The van der Waals surface area contributed by atoms with E-state index in [2.05, 4.69) is 8.75 Å². The SMILES string of the molecule is CC(=O)c1ccc(-c2ccc(C(C)=O)c3nsnc23)cc1. The minimum absolute atomic E-state index is 0.0221. The van der Waals surface area contributed by atoms with Crippen molar-refractivity contribution >= 4 is 34.3 Å². The van der Waals surface area contributed by atoms with Gasteiger partial charge in [-0.15, -0.1) is 0 Å². The van der Waals surface area contributed by atoms with Crippen LogP contribution in [0.3, 0.4) is 0 Å². The van der Waals surface area contributed by atoms with E-state index in [9.17, 15) is 9.59 Å². The Morgan fingerprint density at radius 3 is 2.14 bits per heavy atom. The van der Waals surface area contributed by atoms with E-state index in [-0.39, 0.29) is 11.6 Å². The molecule has 104 valence electrons. The Labute approximate surface area is 125 Å². The second kappa shape index (κ2) is 5.18. The smallest absolute Gasteiger partial charge is 0.162 e. The third-order valence-corrected chi connectivity index (χ3v) is 3.93. The Morgan fingerprint density at radius 1 is 0.857 bits per heavy atom. The lowest BCUT2D eigenvalue weighted by Crippen LogP contribution is -1.95. The summed E-state index contributed by atoms with van der Waals surface area (Å²) in [4.78, 5) is 22.9. The Hall–Kier alpha value is -2.40. The largest absolute Gasteiger partial charge is 0.295 e. The van der Waals surface area contributed by atoms with Gasteiger partial charge >= 0.3 is 0 Å². The Balaban J connectivity index is 2.17. The van der Waals surface area contributed by atoms with Gasteiger partial charge in [0.15, 0.2) is 11.6 Å². The summed E-state index contributed by atoms with van der Waals surface area (Å²) in [5.74, 6) is 0.0140. The molecule has 3 rings (SSSR count). The highest BCUT2D eigenvalue weighted by Crippen LogP contribution is 2.30. The maximum absolute atomic E-state index is 11.6. The molecule has 0 aliphatic rings. The minimum atomic E-state index is -0.0221. The molecule has 0 atom stereocenters. The summed E-state index contributed by atoms with van der Waals surface area (Å²) in [6, 6.07) is 11.0. The lowest BCUT2D eigenvalue weighted by molar-refractivity contribution is 0.101. The second-order valence-electron chi connectivity index (χ2n) is 4.81. The summed E-state index contributed by atoms with van der Waals surface area (Å²) >= 11 is 1.09. The van der Waals surface area contributed by atoms with Gasteiger partial charge in [-0.1, -0.05) is 30.3 Å². The van der Waals surface area contributed by atoms with Crippen LogP contribution in [-0.2, 0) is 0 Å². The van der Waals surface area contributed by atoms with Crippen molar-refractivity contribution in [3.8, 4) is 11.1 Å². The molecular formula is C16H12N2O2S. The molecule has 0 spiro atoms. The first kappa shape index (κ1) is 13.6. The van der Waals surface area contributed by atoms with Gasteiger partial charge in [0.1, 0.15) is 11.0 Å². The molecule has 0 bridgehead atoms. The van der Waals surface area contributed by atoms with Crippen molar-refractivity contribution in [2.24, 2.45) is 0 Å². The zero-order chi connectivity index (χ0) is 15.0. The van der Waals surface area contributed by atoms with E-state index in [4.69, 9.17) is 0 Å². The number of hydrogen-bond donors (Lipinski definition) is 0. The van der Waals surface area contributed by atoms with Gasteiger partial charge in [-0.2, -0.15) is 8.75 Å². The molecule has 0 N–H and O–H groups in total. The van der Waals surface area contributed by atoms with Crippen LogP contribution in [0, 0.1) is 0 Å². The first-order valence-electron chi connectivity index (χ1n) is 6.45. The molecule has 5 heteroatoms. The number of aromatic nitrogens is 2. The van der Waals surface area contributed by atoms with E-state index in [0.29, 0.717) is 16.6 Å². The maximum Gasteiger partial charge on any atom is 0.162 e. The summed E-state index contributed by atoms with van der Waals surface area (Å²) in [5.41, 5.74) is 4.49. The third-order valence-electron chi connectivity index (χ3n) is 3.40. The fourth-order valence-corrected chi connectivity index (χ4v) is 2.84. The van der Waals surface area contributed by atoms with Crippen LogP contribution in [-0.4, -0.2) is 20.3 Å². The fourth-order valence-electron chi connectivity index (χ4n) is 2.27. The zero-order valence-electron chi connectivity index (χ0n) is 11.6.